The van der Waals surface area contributed by atoms with Gasteiger partial charge in [-0.15, -0.1) is 0 Å². The highest BCUT2D eigenvalue weighted by Gasteiger charge is 2.30. The summed E-state index contributed by atoms with van der Waals surface area (Å²) in [5.74, 6) is 0.00445. The number of carbonyl (C=O) groups is 1. The summed E-state index contributed by atoms with van der Waals surface area (Å²) < 4.78 is 1.10. The Hall–Kier alpha value is -2.24. The molecule has 0 saturated carbocycles. The number of benzene rings is 2. The van der Waals surface area contributed by atoms with E-state index in [-0.39, 0.29) is 11.9 Å². The topological polar surface area (TPSA) is 45.2 Å². The van der Waals surface area contributed by atoms with Gasteiger partial charge in [-0.1, -0.05) is 53.8 Å². The molecule has 0 spiro atoms. The lowest BCUT2D eigenvalue weighted by Gasteiger charge is -2.26. The molecule has 1 amide bonds. The quantitative estimate of drug-likeness (QED) is 0.759. The zero-order valence-corrected chi connectivity index (χ0v) is 15.1. The number of aromatic nitrogens is 1. The molecule has 2 aromatic carbocycles. The monoisotopic (exact) mass is 351 g/mol. The maximum atomic E-state index is 13.1. The fraction of sp³-hybridized carbons (Fsp3) is 0.300. The first kappa shape index (κ1) is 16.2. The Kier molecular flexibility index (Phi) is 4.51. The average molecular weight is 351 g/mol. The van der Waals surface area contributed by atoms with Gasteiger partial charge >= 0.3 is 0 Å². The van der Waals surface area contributed by atoms with Crippen molar-refractivity contribution in [2.75, 3.05) is 18.4 Å². The number of anilines is 1. The molecule has 1 aliphatic rings. The summed E-state index contributed by atoms with van der Waals surface area (Å²) in [5.41, 5.74) is 3.15. The minimum Gasteiger partial charge on any atom is -0.300 e. The van der Waals surface area contributed by atoms with Gasteiger partial charge in [-0.25, -0.2) is 4.98 Å². The third-order valence-electron chi connectivity index (χ3n) is 4.72. The molecule has 2 heterocycles. The number of nitrogens with one attached hydrogen (secondary N) is 1. The summed E-state index contributed by atoms with van der Waals surface area (Å²) in [6.45, 7) is 3.97. The van der Waals surface area contributed by atoms with E-state index in [1.807, 2.05) is 55.5 Å². The molecule has 1 fully saturated rings. The van der Waals surface area contributed by atoms with E-state index < -0.39 is 0 Å². The predicted octanol–water partition coefficient (Wildman–Crippen LogP) is 4.38. The molecule has 1 aromatic heterocycles. The Morgan fingerprint density at radius 2 is 1.88 bits per heavy atom. The highest BCUT2D eigenvalue weighted by atomic mass is 32.1. The Morgan fingerprint density at radius 3 is 2.60 bits per heavy atom. The van der Waals surface area contributed by atoms with E-state index in [2.05, 4.69) is 15.2 Å². The molecule has 1 N–H and O–H groups in total. The van der Waals surface area contributed by atoms with Gasteiger partial charge in [0, 0.05) is 0 Å². The normalized spacial score (nSPS) is 16.2. The van der Waals surface area contributed by atoms with Crippen LogP contribution in [0.3, 0.4) is 0 Å². The molecule has 25 heavy (non-hydrogen) atoms. The van der Waals surface area contributed by atoms with Crippen molar-refractivity contribution in [3.63, 3.8) is 0 Å². The second-order valence-electron chi connectivity index (χ2n) is 6.49. The molecule has 5 heteroatoms. The van der Waals surface area contributed by atoms with Crippen LogP contribution in [0.25, 0.3) is 10.2 Å². The van der Waals surface area contributed by atoms with Crippen LogP contribution in [-0.2, 0) is 4.79 Å². The summed E-state index contributed by atoms with van der Waals surface area (Å²) >= 11 is 1.53. The van der Waals surface area contributed by atoms with Gasteiger partial charge in [0.05, 0.1) is 10.2 Å². The van der Waals surface area contributed by atoms with Crippen LogP contribution in [-0.4, -0.2) is 28.9 Å². The molecular formula is C20H21N3OS. The van der Waals surface area contributed by atoms with E-state index in [0.29, 0.717) is 5.13 Å². The summed E-state index contributed by atoms with van der Waals surface area (Å²) in [5, 5.41) is 3.74. The maximum Gasteiger partial charge on any atom is 0.248 e. The molecule has 0 radical (unpaired) electrons. The molecule has 1 atom stereocenters. The Labute approximate surface area is 151 Å². The number of amides is 1. The van der Waals surface area contributed by atoms with Gasteiger partial charge in [-0.2, -0.15) is 0 Å². The van der Waals surface area contributed by atoms with Crippen molar-refractivity contribution >= 4 is 32.6 Å². The van der Waals surface area contributed by atoms with Crippen LogP contribution in [0, 0.1) is 6.92 Å². The standard InChI is InChI=1S/C20H21N3OS/c1-14-8-7-11-16-17(14)21-20(25-16)22-19(24)18(23-12-5-6-13-23)15-9-3-2-4-10-15/h2-4,7-11,18H,5-6,12-13H2,1H3,(H,21,22,24). The van der Waals surface area contributed by atoms with Crippen molar-refractivity contribution in [3.05, 3.63) is 59.7 Å². The van der Waals surface area contributed by atoms with Gasteiger partial charge in [0.1, 0.15) is 6.04 Å². The van der Waals surface area contributed by atoms with Crippen molar-refractivity contribution in [2.24, 2.45) is 0 Å². The van der Waals surface area contributed by atoms with Gasteiger partial charge in [-0.05, 0) is 50.0 Å². The predicted molar refractivity (Wildman–Crippen MR) is 103 cm³/mol. The van der Waals surface area contributed by atoms with Gasteiger partial charge in [0.2, 0.25) is 5.91 Å². The van der Waals surface area contributed by atoms with E-state index in [1.54, 1.807) is 0 Å². The number of carbonyl (C=O) groups excluding carboxylic acids is 1. The largest absolute Gasteiger partial charge is 0.300 e. The molecule has 3 aromatic rings. The SMILES string of the molecule is Cc1cccc2sc(NC(=O)C(c3ccccc3)N3CCCC3)nc12. The second kappa shape index (κ2) is 6.94. The summed E-state index contributed by atoms with van der Waals surface area (Å²) in [6.07, 6.45) is 2.30. The summed E-state index contributed by atoms with van der Waals surface area (Å²) in [4.78, 5) is 20.0. The minimum absolute atomic E-state index is 0.00445. The molecule has 128 valence electrons. The maximum absolute atomic E-state index is 13.1. The highest BCUT2D eigenvalue weighted by molar-refractivity contribution is 7.22. The highest BCUT2D eigenvalue weighted by Crippen LogP contribution is 2.30. The number of aryl methyl sites for hydroxylation is 1. The van der Waals surface area contributed by atoms with Crippen LogP contribution in [0.2, 0.25) is 0 Å². The number of thiazole rings is 1. The fourth-order valence-electron chi connectivity index (χ4n) is 3.48. The lowest BCUT2D eigenvalue weighted by molar-refractivity contribution is -0.121. The number of hydrogen-bond acceptors (Lipinski definition) is 4. The molecule has 1 saturated heterocycles. The fourth-order valence-corrected chi connectivity index (χ4v) is 4.42. The molecular weight excluding hydrogens is 330 g/mol. The van der Waals surface area contributed by atoms with Crippen molar-refractivity contribution < 1.29 is 4.79 Å². The molecule has 1 unspecified atom stereocenters. The van der Waals surface area contributed by atoms with Gasteiger partial charge < -0.3 is 5.32 Å². The van der Waals surface area contributed by atoms with Crippen LogP contribution in [0.4, 0.5) is 5.13 Å². The van der Waals surface area contributed by atoms with E-state index in [0.717, 1.165) is 47.3 Å². The number of rotatable bonds is 4. The van der Waals surface area contributed by atoms with E-state index >= 15 is 0 Å². The van der Waals surface area contributed by atoms with Crippen molar-refractivity contribution in [2.45, 2.75) is 25.8 Å². The number of fused-ring (bicyclic) bond motifs is 1. The Balaban J connectivity index is 1.62. The zero-order valence-electron chi connectivity index (χ0n) is 14.2. The van der Waals surface area contributed by atoms with Crippen LogP contribution in [0.5, 0.6) is 0 Å². The van der Waals surface area contributed by atoms with E-state index in [1.165, 1.54) is 11.3 Å². The van der Waals surface area contributed by atoms with Crippen LogP contribution < -0.4 is 5.32 Å². The average Bonchev–Trinajstić information content (AvgIpc) is 3.26. The number of likely N-dealkylation sites (tertiary alicyclic amines) is 1. The lowest BCUT2D eigenvalue weighted by atomic mass is 10.1. The number of nitrogens with zero attached hydrogens (tertiary/aromatic N) is 2. The van der Waals surface area contributed by atoms with Crippen LogP contribution in [0.1, 0.15) is 30.0 Å². The first-order chi connectivity index (χ1) is 12.2. The van der Waals surface area contributed by atoms with E-state index in [9.17, 15) is 4.79 Å². The first-order valence-corrected chi connectivity index (χ1v) is 9.50. The summed E-state index contributed by atoms with van der Waals surface area (Å²) in [7, 11) is 0. The Bertz CT molecular complexity index is 884. The third-order valence-corrected chi connectivity index (χ3v) is 5.66. The number of hydrogen-bond donors (Lipinski definition) is 1. The lowest BCUT2D eigenvalue weighted by Crippen LogP contribution is -2.35. The number of para-hydroxylation sites is 1. The van der Waals surface area contributed by atoms with Gasteiger partial charge in [-0.3, -0.25) is 9.69 Å². The van der Waals surface area contributed by atoms with E-state index in [4.69, 9.17) is 0 Å². The third kappa shape index (κ3) is 3.30. The van der Waals surface area contributed by atoms with Crippen molar-refractivity contribution in [3.8, 4) is 0 Å². The minimum atomic E-state index is -0.253. The van der Waals surface area contributed by atoms with Crippen molar-refractivity contribution in [1.29, 1.82) is 0 Å². The van der Waals surface area contributed by atoms with Crippen molar-refractivity contribution in [1.82, 2.24) is 9.88 Å². The molecule has 0 bridgehead atoms. The Morgan fingerprint density at radius 1 is 1.12 bits per heavy atom. The van der Waals surface area contributed by atoms with Crippen LogP contribution >= 0.6 is 11.3 Å². The van der Waals surface area contributed by atoms with Gasteiger partial charge in [0.25, 0.3) is 0 Å². The molecule has 1 aliphatic heterocycles. The second-order valence-corrected chi connectivity index (χ2v) is 7.52. The summed E-state index contributed by atoms with van der Waals surface area (Å²) in [6, 6.07) is 15.9. The first-order valence-electron chi connectivity index (χ1n) is 8.68. The smallest absolute Gasteiger partial charge is 0.248 e. The van der Waals surface area contributed by atoms with Gasteiger partial charge in [0.15, 0.2) is 5.13 Å². The molecule has 0 aliphatic carbocycles. The molecule has 4 nitrogen and oxygen atoms in total. The van der Waals surface area contributed by atoms with Crippen LogP contribution in [0.15, 0.2) is 48.5 Å². The zero-order chi connectivity index (χ0) is 17.2. The molecule has 4 rings (SSSR count).